The first-order chi connectivity index (χ1) is 9.97. The lowest BCUT2D eigenvalue weighted by Gasteiger charge is -2.16. The van der Waals surface area contributed by atoms with Crippen LogP contribution < -0.4 is 5.73 Å². The van der Waals surface area contributed by atoms with Gasteiger partial charge in [0.15, 0.2) is 0 Å². The lowest BCUT2D eigenvalue weighted by Crippen LogP contribution is -2.10. The summed E-state index contributed by atoms with van der Waals surface area (Å²) in [5, 5.41) is 0.851. The van der Waals surface area contributed by atoms with E-state index >= 15 is 0 Å². The Morgan fingerprint density at radius 2 is 1.90 bits per heavy atom. The average molecular weight is 324 g/mol. The largest absolute Gasteiger partial charge is 0.369 e. The maximum absolute atomic E-state index is 13.4. The third-order valence-electron chi connectivity index (χ3n) is 3.48. The summed E-state index contributed by atoms with van der Waals surface area (Å²) in [5.41, 5.74) is 8.22. The molecule has 108 valence electrons. The molecular weight excluding hydrogens is 312 g/mol. The molecule has 0 amide bonds. The van der Waals surface area contributed by atoms with Crippen molar-refractivity contribution in [1.82, 2.24) is 9.55 Å². The fourth-order valence-corrected chi connectivity index (χ4v) is 2.75. The molecule has 1 atom stereocenters. The summed E-state index contributed by atoms with van der Waals surface area (Å²) in [7, 11) is 0. The number of aromatic nitrogens is 2. The first kappa shape index (κ1) is 14.2. The van der Waals surface area contributed by atoms with E-state index in [0.29, 0.717) is 21.5 Å². The number of anilines is 1. The number of benzene rings is 2. The van der Waals surface area contributed by atoms with E-state index in [9.17, 15) is 4.39 Å². The highest BCUT2D eigenvalue weighted by molar-refractivity contribution is 6.42. The Morgan fingerprint density at radius 1 is 1.19 bits per heavy atom. The standard InChI is InChI=1S/C15H12Cl2FN3/c1-8(9-3-2-4-10(18)5-9)21-14-7-12(17)11(16)6-13(14)20-15(21)19/h2-8H,1H3,(H2,19,20). The molecule has 2 aromatic carbocycles. The summed E-state index contributed by atoms with van der Waals surface area (Å²) in [6, 6.07) is 9.61. The van der Waals surface area contributed by atoms with Gasteiger partial charge in [-0.3, -0.25) is 0 Å². The van der Waals surface area contributed by atoms with Gasteiger partial charge in [0.05, 0.1) is 27.1 Å². The Labute approximate surface area is 131 Å². The highest BCUT2D eigenvalue weighted by Crippen LogP contribution is 2.32. The van der Waals surface area contributed by atoms with Crippen LogP contribution in [0, 0.1) is 5.82 Å². The molecule has 6 heteroatoms. The van der Waals surface area contributed by atoms with Crippen LogP contribution >= 0.6 is 23.2 Å². The van der Waals surface area contributed by atoms with Gasteiger partial charge in [0.1, 0.15) is 5.82 Å². The zero-order valence-electron chi connectivity index (χ0n) is 11.1. The van der Waals surface area contributed by atoms with E-state index < -0.39 is 0 Å². The number of fused-ring (bicyclic) bond motifs is 1. The summed E-state index contributed by atoms with van der Waals surface area (Å²) in [6.45, 7) is 1.93. The summed E-state index contributed by atoms with van der Waals surface area (Å²) in [5.74, 6) is 0.0449. The molecule has 0 radical (unpaired) electrons. The number of hydrogen-bond donors (Lipinski definition) is 1. The van der Waals surface area contributed by atoms with Crippen LogP contribution in [0.1, 0.15) is 18.5 Å². The van der Waals surface area contributed by atoms with Gasteiger partial charge in [0.2, 0.25) is 5.95 Å². The molecule has 1 aromatic heterocycles. The Balaban J connectivity index is 2.19. The third kappa shape index (κ3) is 2.45. The number of rotatable bonds is 2. The minimum Gasteiger partial charge on any atom is -0.369 e. The van der Waals surface area contributed by atoms with Gasteiger partial charge in [-0.25, -0.2) is 9.37 Å². The number of halogens is 3. The highest BCUT2D eigenvalue weighted by Gasteiger charge is 2.17. The normalized spacial score (nSPS) is 12.8. The number of hydrogen-bond acceptors (Lipinski definition) is 2. The molecule has 0 fully saturated rings. The molecule has 0 aliphatic heterocycles. The first-order valence-electron chi connectivity index (χ1n) is 6.35. The Hall–Kier alpha value is -1.78. The molecule has 21 heavy (non-hydrogen) atoms. The van der Waals surface area contributed by atoms with Crippen LogP contribution in [-0.4, -0.2) is 9.55 Å². The smallest absolute Gasteiger partial charge is 0.201 e. The quantitative estimate of drug-likeness (QED) is 0.744. The van der Waals surface area contributed by atoms with Crippen LogP contribution in [0.15, 0.2) is 36.4 Å². The number of nitrogens with two attached hydrogens (primary N) is 1. The Morgan fingerprint density at radius 3 is 2.62 bits per heavy atom. The molecule has 0 saturated heterocycles. The fraction of sp³-hybridized carbons (Fsp3) is 0.133. The van der Waals surface area contributed by atoms with E-state index in [0.717, 1.165) is 11.1 Å². The molecule has 0 aliphatic rings. The monoisotopic (exact) mass is 323 g/mol. The molecule has 2 N–H and O–H groups in total. The lowest BCUT2D eigenvalue weighted by molar-refractivity contribution is 0.612. The third-order valence-corrected chi connectivity index (χ3v) is 4.20. The maximum Gasteiger partial charge on any atom is 0.201 e. The fourth-order valence-electron chi connectivity index (χ4n) is 2.43. The zero-order valence-corrected chi connectivity index (χ0v) is 12.7. The SMILES string of the molecule is CC(c1cccc(F)c1)n1c(N)nc2cc(Cl)c(Cl)cc21. The topological polar surface area (TPSA) is 43.8 Å². The first-order valence-corrected chi connectivity index (χ1v) is 7.11. The maximum atomic E-state index is 13.4. The van der Waals surface area contributed by atoms with Crippen molar-refractivity contribution in [3.63, 3.8) is 0 Å². The van der Waals surface area contributed by atoms with Gasteiger partial charge in [0.25, 0.3) is 0 Å². The number of nitrogen functional groups attached to an aromatic ring is 1. The molecule has 3 nitrogen and oxygen atoms in total. The average Bonchev–Trinajstić information content (AvgIpc) is 2.74. The van der Waals surface area contributed by atoms with Crippen molar-refractivity contribution in [2.45, 2.75) is 13.0 Å². The van der Waals surface area contributed by atoms with Crippen LogP contribution in [0.25, 0.3) is 11.0 Å². The van der Waals surface area contributed by atoms with Crippen LogP contribution in [0.5, 0.6) is 0 Å². The van der Waals surface area contributed by atoms with E-state index in [1.807, 2.05) is 17.6 Å². The van der Waals surface area contributed by atoms with E-state index in [1.54, 1.807) is 18.2 Å². The molecule has 0 aliphatic carbocycles. The minimum absolute atomic E-state index is 0.178. The van der Waals surface area contributed by atoms with Gasteiger partial charge in [-0.1, -0.05) is 35.3 Å². The van der Waals surface area contributed by atoms with Crippen molar-refractivity contribution in [2.24, 2.45) is 0 Å². The van der Waals surface area contributed by atoms with Gasteiger partial charge < -0.3 is 10.3 Å². The van der Waals surface area contributed by atoms with Crippen molar-refractivity contribution >= 4 is 40.2 Å². The second-order valence-corrected chi connectivity index (χ2v) is 5.64. The van der Waals surface area contributed by atoms with Crippen LogP contribution in [0.2, 0.25) is 10.0 Å². The van der Waals surface area contributed by atoms with Crippen LogP contribution in [0.3, 0.4) is 0 Å². The number of imidazole rings is 1. The van der Waals surface area contributed by atoms with Crippen LogP contribution in [-0.2, 0) is 0 Å². The summed E-state index contributed by atoms with van der Waals surface area (Å²) < 4.78 is 15.2. The molecule has 0 saturated carbocycles. The highest BCUT2D eigenvalue weighted by atomic mass is 35.5. The lowest BCUT2D eigenvalue weighted by atomic mass is 10.1. The zero-order chi connectivity index (χ0) is 15.1. The van der Waals surface area contributed by atoms with Crippen molar-refractivity contribution in [1.29, 1.82) is 0 Å². The molecule has 0 spiro atoms. The van der Waals surface area contributed by atoms with Gasteiger partial charge in [-0.15, -0.1) is 0 Å². The van der Waals surface area contributed by atoms with E-state index in [4.69, 9.17) is 28.9 Å². The second-order valence-electron chi connectivity index (χ2n) is 4.83. The van der Waals surface area contributed by atoms with Gasteiger partial charge >= 0.3 is 0 Å². The second kappa shape index (κ2) is 5.20. The summed E-state index contributed by atoms with van der Waals surface area (Å²) >= 11 is 12.1. The Bertz CT molecular complexity index is 829. The van der Waals surface area contributed by atoms with E-state index in [1.165, 1.54) is 12.1 Å². The van der Waals surface area contributed by atoms with Gasteiger partial charge in [-0.2, -0.15) is 0 Å². The molecule has 3 rings (SSSR count). The van der Waals surface area contributed by atoms with E-state index in [2.05, 4.69) is 4.98 Å². The molecule has 0 bridgehead atoms. The van der Waals surface area contributed by atoms with Crippen molar-refractivity contribution in [2.75, 3.05) is 5.73 Å². The summed E-state index contributed by atoms with van der Waals surface area (Å²) in [4.78, 5) is 4.29. The van der Waals surface area contributed by atoms with Gasteiger partial charge in [0, 0.05) is 0 Å². The van der Waals surface area contributed by atoms with Crippen molar-refractivity contribution in [3.8, 4) is 0 Å². The minimum atomic E-state index is -0.289. The van der Waals surface area contributed by atoms with E-state index in [-0.39, 0.29) is 11.9 Å². The van der Waals surface area contributed by atoms with Gasteiger partial charge in [-0.05, 0) is 36.8 Å². The number of nitrogens with zero attached hydrogens (tertiary/aromatic N) is 2. The predicted molar refractivity (Wildman–Crippen MR) is 84.4 cm³/mol. The summed E-state index contributed by atoms with van der Waals surface area (Å²) in [6.07, 6.45) is 0. The van der Waals surface area contributed by atoms with Crippen molar-refractivity contribution in [3.05, 3.63) is 57.8 Å². The molecule has 1 heterocycles. The molecular formula is C15H12Cl2FN3. The predicted octanol–water partition coefficient (Wildman–Crippen LogP) is 4.67. The Kier molecular flexibility index (Phi) is 3.51. The van der Waals surface area contributed by atoms with Crippen molar-refractivity contribution < 1.29 is 4.39 Å². The molecule has 1 unspecified atom stereocenters. The van der Waals surface area contributed by atoms with Crippen LogP contribution in [0.4, 0.5) is 10.3 Å². The molecule has 3 aromatic rings.